The summed E-state index contributed by atoms with van der Waals surface area (Å²) in [6, 6.07) is 6.57. The van der Waals surface area contributed by atoms with Gasteiger partial charge in [0.05, 0.1) is 11.4 Å². The fraction of sp³-hybridized carbons (Fsp3) is 0.167. The molecule has 1 amide bonds. The van der Waals surface area contributed by atoms with Crippen molar-refractivity contribution in [2.45, 2.75) is 6.18 Å². The lowest BCUT2D eigenvalue weighted by atomic mass is 10.2. The molecule has 0 bridgehead atoms. The normalized spacial score (nSPS) is 13.9. The lowest BCUT2D eigenvalue weighted by Crippen LogP contribution is -2.30. The van der Waals surface area contributed by atoms with E-state index in [4.69, 9.17) is 0 Å². The molecule has 0 saturated heterocycles. The van der Waals surface area contributed by atoms with Gasteiger partial charge >= 0.3 is 12.3 Å². The summed E-state index contributed by atoms with van der Waals surface area (Å²) in [5.41, 5.74) is 0.830. The van der Waals surface area contributed by atoms with Gasteiger partial charge in [-0.2, -0.15) is 13.2 Å². The second-order valence-electron chi connectivity index (χ2n) is 3.65. The number of hydrogen-bond acceptors (Lipinski definition) is 3. The van der Waals surface area contributed by atoms with Crippen molar-refractivity contribution >= 4 is 23.7 Å². The second-order valence-corrected chi connectivity index (χ2v) is 3.65. The third kappa shape index (κ3) is 3.34. The summed E-state index contributed by atoms with van der Waals surface area (Å²) in [5, 5.41) is 0. The van der Waals surface area contributed by atoms with E-state index < -0.39 is 18.9 Å². The number of amides is 1. The highest BCUT2D eigenvalue weighted by molar-refractivity contribution is 5.96. The summed E-state index contributed by atoms with van der Waals surface area (Å²) in [4.78, 5) is 16.7. The van der Waals surface area contributed by atoms with Crippen LogP contribution in [0.2, 0.25) is 0 Å². The van der Waals surface area contributed by atoms with Gasteiger partial charge in [-0.1, -0.05) is 12.1 Å². The van der Waals surface area contributed by atoms with Crippen molar-refractivity contribution in [1.82, 2.24) is 0 Å². The molecule has 0 saturated carbocycles. The molecule has 2 rings (SSSR count). The monoisotopic (exact) mass is 270 g/mol. The zero-order valence-corrected chi connectivity index (χ0v) is 9.59. The van der Waals surface area contributed by atoms with E-state index in [9.17, 15) is 18.0 Å². The first-order chi connectivity index (χ1) is 8.97. The number of benzene rings is 1. The largest absolute Gasteiger partial charge is 0.439 e. The quantitative estimate of drug-likeness (QED) is 0.784. The van der Waals surface area contributed by atoms with Gasteiger partial charge in [0, 0.05) is 12.4 Å². The Hall–Kier alpha value is -2.31. The average Bonchev–Trinajstić information content (AvgIpc) is 2.57. The Morgan fingerprint density at radius 1 is 1.32 bits per heavy atom. The maximum atomic E-state index is 12.0. The number of rotatable bonds is 1. The van der Waals surface area contributed by atoms with Crippen molar-refractivity contribution in [1.29, 1.82) is 0 Å². The molecular weight excluding hydrogens is 261 g/mol. The number of aliphatic imine (C=N–C) groups is 1. The average molecular weight is 270 g/mol. The SMILES string of the molecule is O=C(OCC(F)(F)F)N1C=CC=Nc2ccccc21. The molecule has 0 spiro atoms. The van der Waals surface area contributed by atoms with Gasteiger partial charge in [0.15, 0.2) is 6.61 Å². The smallest absolute Gasteiger partial charge is 0.422 e. The van der Waals surface area contributed by atoms with Crippen LogP contribution in [0.1, 0.15) is 0 Å². The van der Waals surface area contributed by atoms with Gasteiger partial charge in [-0.25, -0.2) is 4.79 Å². The summed E-state index contributed by atoms with van der Waals surface area (Å²) >= 11 is 0. The molecule has 1 heterocycles. The molecule has 1 aliphatic rings. The number of para-hydroxylation sites is 2. The van der Waals surface area contributed by atoms with E-state index in [2.05, 4.69) is 9.73 Å². The van der Waals surface area contributed by atoms with Crippen LogP contribution < -0.4 is 4.90 Å². The van der Waals surface area contributed by atoms with Crippen LogP contribution in [-0.4, -0.2) is 25.1 Å². The van der Waals surface area contributed by atoms with E-state index >= 15 is 0 Å². The number of halogens is 3. The van der Waals surface area contributed by atoms with Crippen molar-refractivity contribution in [3.8, 4) is 0 Å². The van der Waals surface area contributed by atoms with E-state index in [-0.39, 0.29) is 0 Å². The summed E-state index contributed by atoms with van der Waals surface area (Å²) in [5.74, 6) is 0. The van der Waals surface area contributed by atoms with Crippen molar-refractivity contribution in [3.05, 3.63) is 36.5 Å². The number of nitrogens with zero attached hydrogens (tertiary/aromatic N) is 2. The minimum atomic E-state index is -4.55. The Bertz CT molecular complexity index is 538. The van der Waals surface area contributed by atoms with Crippen molar-refractivity contribution in [3.63, 3.8) is 0 Å². The molecule has 19 heavy (non-hydrogen) atoms. The number of hydrogen-bond donors (Lipinski definition) is 0. The van der Waals surface area contributed by atoms with Crippen LogP contribution in [-0.2, 0) is 4.74 Å². The van der Waals surface area contributed by atoms with E-state index in [1.165, 1.54) is 18.5 Å². The lowest BCUT2D eigenvalue weighted by molar-refractivity contribution is -0.159. The molecule has 0 aromatic heterocycles. The number of carbonyl (C=O) groups excluding carboxylic acids is 1. The predicted molar refractivity (Wildman–Crippen MR) is 63.6 cm³/mol. The fourth-order valence-corrected chi connectivity index (χ4v) is 1.48. The molecular formula is C12H9F3N2O2. The van der Waals surface area contributed by atoms with Crippen LogP contribution in [0, 0.1) is 0 Å². The summed E-state index contributed by atoms with van der Waals surface area (Å²) in [7, 11) is 0. The first kappa shape index (κ1) is 13.1. The maximum absolute atomic E-state index is 12.0. The highest BCUT2D eigenvalue weighted by atomic mass is 19.4. The van der Waals surface area contributed by atoms with Gasteiger partial charge < -0.3 is 4.74 Å². The number of allylic oxidation sites excluding steroid dienone is 1. The van der Waals surface area contributed by atoms with Crippen molar-refractivity contribution in [2.24, 2.45) is 4.99 Å². The van der Waals surface area contributed by atoms with Gasteiger partial charge in [0.25, 0.3) is 0 Å². The standard InChI is InChI=1S/C12H9F3N2O2/c13-12(14,15)8-19-11(18)17-7-3-6-16-9-4-1-2-5-10(9)17/h1-7H,8H2. The highest BCUT2D eigenvalue weighted by Gasteiger charge is 2.31. The van der Waals surface area contributed by atoms with Gasteiger partial charge in [-0.05, 0) is 18.2 Å². The third-order valence-electron chi connectivity index (χ3n) is 2.23. The zero-order chi connectivity index (χ0) is 13.9. The molecule has 1 aromatic rings. The van der Waals surface area contributed by atoms with Crippen LogP contribution in [0.3, 0.4) is 0 Å². The Labute approximate surface area is 106 Å². The van der Waals surface area contributed by atoms with Crippen molar-refractivity contribution in [2.75, 3.05) is 11.5 Å². The number of anilines is 1. The molecule has 0 N–H and O–H groups in total. The molecule has 4 nitrogen and oxygen atoms in total. The van der Waals surface area contributed by atoms with E-state index in [1.54, 1.807) is 24.3 Å². The topological polar surface area (TPSA) is 41.9 Å². The molecule has 0 fully saturated rings. The zero-order valence-electron chi connectivity index (χ0n) is 9.59. The number of alkyl halides is 3. The minimum Gasteiger partial charge on any atom is -0.439 e. The lowest BCUT2D eigenvalue weighted by Gasteiger charge is -2.19. The Morgan fingerprint density at radius 3 is 2.79 bits per heavy atom. The second kappa shape index (κ2) is 5.13. The fourth-order valence-electron chi connectivity index (χ4n) is 1.48. The van der Waals surface area contributed by atoms with Gasteiger partial charge in [0.2, 0.25) is 0 Å². The van der Waals surface area contributed by atoms with Crippen LogP contribution in [0.15, 0.2) is 41.5 Å². The highest BCUT2D eigenvalue weighted by Crippen LogP contribution is 2.30. The Balaban J connectivity index is 2.19. The van der Waals surface area contributed by atoms with Crippen LogP contribution in [0.5, 0.6) is 0 Å². The molecule has 0 atom stereocenters. The first-order valence-electron chi connectivity index (χ1n) is 5.30. The molecule has 1 aliphatic heterocycles. The third-order valence-corrected chi connectivity index (χ3v) is 2.23. The number of fused-ring (bicyclic) bond motifs is 1. The first-order valence-corrected chi connectivity index (χ1v) is 5.30. The summed E-state index contributed by atoms with van der Waals surface area (Å²) < 4.78 is 40.3. The number of carbonyl (C=O) groups is 1. The maximum Gasteiger partial charge on any atom is 0.422 e. The van der Waals surface area contributed by atoms with Gasteiger partial charge in [0.1, 0.15) is 0 Å². The minimum absolute atomic E-state index is 0.361. The molecule has 0 radical (unpaired) electrons. The Kier molecular flexibility index (Phi) is 3.55. The van der Waals surface area contributed by atoms with E-state index in [0.717, 1.165) is 4.90 Å². The summed E-state index contributed by atoms with van der Waals surface area (Å²) in [6.07, 6.45) is -1.48. The van der Waals surface area contributed by atoms with Crippen LogP contribution in [0.4, 0.5) is 29.3 Å². The molecule has 0 aliphatic carbocycles. The summed E-state index contributed by atoms with van der Waals surface area (Å²) in [6.45, 7) is -1.63. The van der Waals surface area contributed by atoms with E-state index in [1.807, 2.05) is 0 Å². The van der Waals surface area contributed by atoms with Gasteiger partial charge in [-0.15, -0.1) is 0 Å². The molecule has 100 valence electrons. The Morgan fingerprint density at radius 2 is 2.05 bits per heavy atom. The number of ether oxygens (including phenoxy) is 1. The molecule has 1 aromatic carbocycles. The van der Waals surface area contributed by atoms with Crippen LogP contribution in [0.25, 0.3) is 0 Å². The predicted octanol–water partition coefficient (Wildman–Crippen LogP) is 3.42. The molecule has 0 unspecified atom stereocenters. The van der Waals surface area contributed by atoms with Gasteiger partial charge in [-0.3, -0.25) is 9.89 Å². The van der Waals surface area contributed by atoms with Crippen LogP contribution >= 0.6 is 0 Å². The van der Waals surface area contributed by atoms with E-state index in [0.29, 0.717) is 11.4 Å². The molecule has 7 heteroatoms. The van der Waals surface area contributed by atoms with Crippen molar-refractivity contribution < 1.29 is 22.7 Å².